The Balaban J connectivity index is 0.00000312. The van der Waals surface area contributed by atoms with Gasteiger partial charge in [0, 0.05) is 38.0 Å². The molecule has 0 aromatic carbocycles. The highest BCUT2D eigenvalue weighted by Crippen LogP contribution is 2.29. The van der Waals surface area contributed by atoms with E-state index in [-0.39, 0.29) is 42.5 Å². The molecule has 1 fully saturated rings. The van der Waals surface area contributed by atoms with Crippen molar-refractivity contribution >= 4 is 47.2 Å². The molecule has 0 radical (unpaired) electrons. The summed E-state index contributed by atoms with van der Waals surface area (Å²) in [4.78, 5) is 21.1. The number of carbonyl (C=O) groups is 1. The lowest BCUT2D eigenvalue weighted by Gasteiger charge is -2.18. The van der Waals surface area contributed by atoms with Crippen molar-refractivity contribution in [3.63, 3.8) is 0 Å². The Kier molecular flexibility index (Phi) is 8.38. The number of hydrogen-bond acceptors (Lipinski definition) is 4. The van der Waals surface area contributed by atoms with Gasteiger partial charge in [0.15, 0.2) is 11.7 Å². The number of likely N-dealkylation sites (tertiary alicyclic amines) is 1. The van der Waals surface area contributed by atoms with Gasteiger partial charge < -0.3 is 15.5 Å². The second-order valence-electron chi connectivity index (χ2n) is 5.37. The maximum atomic E-state index is 12.5. The molecule has 0 bridgehead atoms. The lowest BCUT2D eigenvalue weighted by Crippen LogP contribution is -2.44. The molecule has 1 aromatic heterocycles. The molecule has 2 heterocycles. The van der Waals surface area contributed by atoms with Crippen LogP contribution in [0.2, 0.25) is 0 Å². The number of nitrogens with one attached hydrogen (secondary N) is 2. The zero-order valence-electron chi connectivity index (χ0n) is 13.9. The molecule has 1 aliphatic heterocycles. The first-order chi connectivity index (χ1) is 11.3. The molecule has 1 saturated heterocycles. The summed E-state index contributed by atoms with van der Waals surface area (Å²) in [5, 5.41) is 7.46. The van der Waals surface area contributed by atoms with E-state index in [1.165, 1.54) is 0 Å². The molecule has 1 unspecified atom stereocenters. The Morgan fingerprint density at radius 2 is 2.24 bits per heavy atom. The highest BCUT2D eigenvalue weighted by atomic mass is 127. The predicted molar refractivity (Wildman–Crippen MR) is 101 cm³/mol. The third kappa shape index (κ3) is 6.28. The molecular weight excluding hydrogens is 470 g/mol. The van der Waals surface area contributed by atoms with Crippen molar-refractivity contribution in [2.45, 2.75) is 38.5 Å². The van der Waals surface area contributed by atoms with Gasteiger partial charge in [-0.2, -0.15) is 13.2 Å². The van der Waals surface area contributed by atoms with Gasteiger partial charge in [-0.1, -0.05) is 6.92 Å². The molecule has 11 heteroatoms. The molecule has 0 saturated carbocycles. The Labute approximate surface area is 165 Å². The number of alkyl halides is 3. The summed E-state index contributed by atoms with van der Waals surface area (Å²) < 4.78 is 37.6. The van der Waals surface area contributed by atoms with Crippen LogP contribution >= 0.6 is 35.3 Å². The molecule has 25 heavy (non-hydrogen) atoms. The van der Waals surface area contributed by atoms with Gasteiger partial charge in [0.2, 0.25) is 5.91 Å². The number of nitrogens with zero attached hydrogens (tertiary/aromatic N) is 3. The van der Waals surface area contributed by atoms with Gasteiger partial charge in [-0.3, -0.25) is 9.79 Å². The van der Waals surface area contributed by atoms with Crippen LogP contribution < -0.4 is 10.6 Å². The smallest absolute Gasteiger partial charge is 0.352 e. The fourth-order valence-corrected chi connectivity index (χ4v) is 3.14. The first-order valence-electron chi connectivity index (χ1n) is 7.60. The third-order valence-electron chi connectivity index (χ3n) is 3.66. The van der Waals surface area contributed by atoms with E-state index in [1.807, 2.05) is 6.92 Å². The third-order valence-corrected chi connectivity index (χ3v) is 4.51. The molecular formula is C14H21F3IN5OS. The lowest BCUT2D eigenvalue weighted by atomic mass is 10.3. The van der Waals surface area contributed by atoms with Crippen LogP contribution in [-0.2, 0) is 17.5 Å². The second kappa shape index (κ2) is 9.55. The van der Waals surface area contributed by atoms with Gasteiger partial charge >= 0.3 is 6.18 Å². The van der Waals surface area contributed by atoms with E-state index < -0.39 is 11.9 Å². The number of rotatable bonds is 4. The summed E-state index contributed by atoms with van der Waals surface area (Å²) in [5.74, 6) is 0.597. The molecule has 0 aliphatic carbocycles. The van der Waals surface area contributed by atoms with E-state index in [0.29, 0.717) is 30.5 Å². The summed E-state index contributed by atoms with van der Waals surface area (Å²) in [6, 6.07) is 0.0775. The summed E-state index contributed by atoms with van der Waals surface area (Å²) in [7, 11) is 1.59. The van der Waals surface area contributed by atoms with Gasteiger partial charge in [-0.15, -0.1) is 35.3 Å². The van der Waals surface area contributed by atoms with Crippen LogP contribution in [0.4, 0.5) is 13.2 Å². The molecule has 1 aliphatic rings. The van der Waals surface area contributed by atoms with E-state index in [1.54, 1.807) is 11.9 Å². The molecule has 2 rings (SSSR count). The van der Waals surface area contributed by atoms with Crippen LogP contribution in [-0.4, -0.2) is 47.9 Å². The van der Waals surface area contributed by atoms with Gasteiger partial charge in [-0.05, 0) is 6.42 Å². The monoisotopic (exact) mass is 491 g/mol. The van der Waals surface area contributed by atoms with Crippen LogP contribution in [0, 0.1) is 0 Å². The average molecular weight is 491 g/mol. The lowest BCUT2D eigenvalue weighted by molar-refractivity contribution is -0.140. The van der Waals surface area contributed by atoms with Crippen molar-refractivity contribution < 1.29 is 18.0 Å². The summed E-state index contributed by atoms with van der Waals surface area (Å²) in [6.07, 6.45) is -3.14. The minimum atomic E-state index is -4.42. The van der Waals surface area contributed by atoms with Crippen LogP contribution in [0.5, 0.6) is 0 Å². The topological polar surface area (TPSA) is 69.6 Å². The number of carbonyl (C=O) groups excluding carboxylic acids is 1. The zero-order valence-corrected chi connectivity index (χ0v) is 17.0. The minimum Gasteiger partial charge on any atom is -0.352 e. The quantitative estimate of drug-likeness (QED) is 0.386. The summed E-state index contributed by atoms with van der Waals surface area (Å²) in [5.41, 5.74) is -0.878. The fraction of sp³-hybridized carbons (Fsp3) is 0.643. The maximum Gasteiger partial charge on any atom is 0.434 e. The van der Waals surface area contributed by atoms with Crippen LogP contribution in [0.1, 0.15) is 30.5 Å². The van der Waals surface area contributed by atoms with E-state index in [0.717, 1.165) is 23.1 Å². The highest BCUT2D eigenvalue weighted by Gasteiger charge is 2.33. The van der Waals surface area contributed by atoms with Gasteiger partial charge in [0.05, 0.1) is 6.54 Å². The number of aromatic nitrogens is 1. The van der Waals surface area contributed by atoms with Crippen LogP contribution in [0.25, 0.3) is 0 Å². The zero-order chi connectivity index (χ0) is 17.7. The maximum absolute atomic E-state index is 12.5. The number of guanidine groups is 1. The minimum absolute atomic E-state index is 0. The van der Waals surface area contributed by atoms with E-state index in [9.17, 15) is 18.0 Å². The normalized spacial score (nSPS) is 18.0. The Hall–Kier alpha value is -1.11. The number of hydrogen-bond donors (Lipinski definition) is 2. The Bertz CT molecular complexity index is 608. The van der Waals surface area contributed by atoms with Crippen molar-refractivity contribution in [3.8, 4) is 0 Å². The Morgan fingerprint density at radius 3 is 2.80 bits per heavy atom. The van der Waals surface area contributed by atoms with Gasteiger partial charge in [0.25, 0.3) is 0 Å². The number of amides is 1. The van der Waals surface area contributed by atoms with E-state index in [4.69, 9.17) is 0 Å². The number of aliphatic imine (C=N–C) groups is 1. The largest absolute Gasteiger partial charge is 0.434 e. The Morgan fingerprint density at radius 1 is 1.52 bits per heavy atom. The van der Waals surface area contributed by atoms with Crippen LogP contribution in [0.3, 0.4) is 0 Å². The first kappa shape index (κ1) is 21.9. The SMILES string of the molecule is CCC(=O)N1CCC(NC(=NC)NCc2nc(C(F)(F)F)cs2)C1.I. The highest BCUT2D eigenvalue weighted by molar-refractivity contribution is 14.0. The van der Waals surface area contributed by atoms with E-state index in [2.05, 4.69) is 20.6 Å². The fourth-order valence-electron chi connectivity index (χ4n) is 2.40. The summed E-state index contributed by atoms with van der Waals surface area (Å²) >= 11 is 0.950. The second-order valence-corrected chi connectivity index (χ2v) is 6.32. The van der Waals surface area contributed by atoms with Crippen molar-refractivity contribution in [2.24, 2.45) is 4.99 Å². The predicted octanol–water partition coefficient (Wildman–Crippen LogP) is 2.46. The standard InChI is InChI=1S/C14H20F3N5OS.HI/c1-3-12(23)22-5-4-9(7-22)20-13(18-2)19-6-11-21-10(8-24-11)14(15,16)17;/h8-9H,3-7H2,1-2H3,(H2,18,19,20);1H. The molecule has 142 valence electrons. The first-order valence-corrected chi connectivity index (χ1v) is 8.48. The number of halogens is 4. The molecule has 1 aromatic rings. The average Bonchev–Trinajstić information content (AvgIpc) is 3.19. The molecule has 1 atom stereocenters. The van der Waals surface area contributed by atoms with Crippen molar-refractivity contribution in [3.05, 3.63) is 16.1 Å². The molecule has 2 N–H and O–H groups in total. The molecule has 6 nitrogen and oxygen atoms in total. The molecule has 0 spiro atoms. The van der Waals surface area contributed by atoms with Gasteiger partial charge in [0.1, 0.15) is 5.01 Å². The van der Waals surface area contributed by atoms with Crippen molar-refractivity contribution in [1.29, 1.82) is 0 Å². The van der Waals surface area contributed by atoms with Gasteiger partial charge in [-0.25, -0.2) is 4.98 Å². The molecule has 1 amide bonds. The van der Waals surface area contributed by atoms with Crippen LogP contribution in [0.15, 0.2) is 10.4 Å². The summed E-state index contributed by atoms with van der Waals surface area (Å²) in [6.45, 7) is 3.28. The van der Waals surface area contributed by atoms with Crippen molar-refractivity contribution in [1.82, 2.24) is 20.5 Å². The number of thiazole rings is 1. The van der Waals surface area contributed by atoms with Crippen molar-refractivity contribution in [2.75, 3.05) is 20.1 Å². The van der Waals surface area contributed by atoms with E-state index >= 15 is 0 Å².